The maximum Gasteiger partial charge on any atom is 0.222 e. The van der Waals surface area contributed by atoms with E-state index in [-0.39, 0.29) is 17.9 Å². The van der Waals surface area contributed by atoms with E-state index in [0.29, 0.717) is 16.8 Å². The molecule has 0 bridgehead atoms. The van der Waals surface area contributed by atoms with Crippen molar-refractivity contribution in [1.29, 1.82) is 5.26 Å². The molecule has 124 valence electrons. The zero-order valence-corrected chi connectivity index (χ0v) is 14.0. The topological polar surface area (TPSA) is 52.9 Å². The Hall–Kier alpha value is -2.10. The molecule has 1 amide bonds. The molecule has 2 rings (SSSR count). The Morgan fingerprint density at radius 3 is 2.58 bits per heavy atom. The van der Waals surface area contributed by atoms with Crippen molar-refractivity contribution in [3.63, 3.8) is 0 Å². The fourth-order valence-corrected chi connectivity index (χ4v) is 2.92. The molecule has 0 aliphatic heterocycles. The highest BCUT2D eigenvalue weighted by molar-refractivity contribution is 7.99. The third-order valence-corrected chi connectivity index (χ3v) is 4.39. The van der Waals surface area contributed by atoms with E-state index in [9.17, 15) is 13.6 Å². The summed E-state index contributed by atoms with van der Waals surface area (Å²) in [4.78, 5) is 12.9. The van der Waals surface area contributed by atoms with Crippen LogP contribution in [0.15, 0.2) is 47.4 Å². The van der Waals surface area contributed by atoms with Gasteiger partial charge in [0.05, 0.1) is 6.07 Å². The summed E-state index contributed by atoms with van der Waals surface area (Å²) in [6.45, 7) is 0. The first-order chi connectivity index (χ1) is 11.5. The maximum absolute atomic E-state index is 13.7. The van der Waals surface area contributed by atoms with Gasteiger partial charge in [-0.05, 0) is 30.3 Å². The van der Waals surface area contributed by atoms with Gasteiger partial charge in [-0.25, -0.2) is 8.78 Å². The lowest BCUT2D eigenvalue weighted by atomic mass is 10.1. The Morgan fingerprint density at radius 2 is 1.96 bits per heavy atom. The zero-order valence-electron chi connectivity index (χ0n) is 12.4. The molecule has 7 heteroatoms. The molecule has 3 nitrogen and oxygen atoms in total. The van der Waals surface area contributed by atoms with E-state index in [1.54, 1.807) is 12.1 Å². The third-order valence-electron chi connectivity index (χ3n) is 3.12. The number of carbonyl (C=O) groups is 1. The average molecular weight is 367 g/mol. The molecule has 2 aromatic rings. The van der Waals surface area contributed by atoms with Crippen molar-refractivity contribution < 1.29 is 13.6 Å². The van der Waals surface area contributed by atoms with Crippen molar-refractivity contribution in [2.75, 3.05) is 5.75 Å². The summed E-state index contributed by atoms with van der Waals surface area (Å²) < 4.78 is 26.6. The Labute approximate surface area is 147 Å². The predicted octanol–water partition coefficient (Wildman–Crippen LogP) is 4.48. The number of nitrogens with zero attached hydrogens (tertiary/aromatic N) is 1. The van der Waals surface area contributed by atoms with Gasteiger partial charge < -0.3 is 5.32 Å². The fourth-order valence-electron chi connectivity index (χ4n) is 1.94. The summed E-state index contributed by atoms with van der Waals surface area (Å²) in [5, 5.41) is 12.2. The van der Waals surface area contributed by atoms with Gasteiger partial charge in [0.25, 0.3) is 0 Å². The Kier molecular flexibility index (Phi) is 6.59. The highest BCUT2D eigenvalue weighted by Crippen LogP contribution is 2.21. The zero-order chi connectivity index (χ0) is 17.5. The summed E-state index contributed by atoms with van der Waals surface area (Å²) in [6, 6.07) is 10.7. The van der Waals surface area contributed by atoms with Crippen LogP contribution in [0.4, 0.5) is 8.78 Å². The fraction of sp³-hybridized carbons (Fsp3) is 0.176. The number of carbonyl (C=O) groups excluding carboxylic acids is 1. The summed E-state index contributed by atoms with van der Waals surface area (Å²) in [5.74, 6) is -1.49. The molecule has 0 aliphatic carbocycles. The Bertz CT molecular complexity index is 762. The second-order valence-electron chi connectivity index (χ2n) is 4.85. The SMILES string of the molecule is N#CC(NC(=O)CCSc1ccc(Cl)cc1)c1ccc(F)cc1F. The van der Waals surface area contributed by atoms with Gasteiger partial charge in [0, 0.05) is 33.7 Å². The van der Waals surface area contributed by atoms with Crippen LogP contribution >= 0.6 is 23.4 Å². The first kappa shape index (κ1) is 18.2. The maximum atomic E-state index is 13.7. The van der Waals surface area contributed by atoms with Gasteiger partial charge >= 0.3 is 0 Å². The smallest absolute Gasteiger partial charge is 0.222 e. The van der Waals surface area contributed by atoms with Gasteiger partial charge in [-0.2, -0.15) is 5.26 Å². The van der Waals surface area contributed by atoms with E-state index in [4.69, 9.17) is 16.9 Å². The second kappa shape index (κ2) is 8.67. The first-order valence-electron chi connectivity index (χ1n) is 7.02. The molecule has 0 spiro atoms. The van der Waals surface area contributed by atoms with E-state index in [1.807, 2.05) is 18.2 Å². The molecule has 0 saturated carbocycles. The number of benzene rings is 2. The Balaban J connectivity index is 1.88. The summed E-state index contributed by atoms with van der Waals surface area (Å²) in [6.07, 6.45) is 0.161. The number of thioether (sulfide) groups is 1. The minimum atomic E-state index is -1.15. The standard InChI is InChI=1S/C17H13ClF2N2OS/c18-11-1-4-13(5-2-11)24-8-7-17(23)22-16(10-21)14-6-3-12(19)9-15(14)20/h1-6,9,16H,7-8H2,(H,22,23). The molecule has 0 fully saturated rings. The molecule has 0 heterocycles. The molecule has 2 aromatic carbocycles. The van der Waals surface area contributed by atoms with Crippen LogP contribution in [0.1, 0.15) is 18.0 Å². The molecule has 0 radical (unpaired) electrons. The van der Waals surface area contributed by atoms with Gasteiger partial charge in [0.15, 0.2) is 0 Å². The summed E-state index contributed by atoms with van der Waals surface area (Å²) in [5.41, 5.74) is -0.0578. The highest BCUT2D eigenvalue weighted by Gasteiger charge is 2.18. The number of hydrogen-bond donors (Lipinski definition) is 1. The molecule has 1 unspecified atom stereocenters. The lowest BCUT2D eigenvalue weighted by Crippen LogP contribution is -2.28. The minimum absolute atomic E-state index is 0.0578. The van der Waals surface area contributed by atoms with Crippen molar-refractivity contribution >= 4 is 29.3 Å². The van der Waals surface area contributed by atoms with Crippen molar-refractivity contribution in [3.8, 4) is 6.07 Å². The molecule has 0 aliphatic rings. The molecule has 0 aromatic heterocycles. The van der Waals surface area contributed by atoms with Gasteiger partial charge in [-0.1, -0.05) is 17.7 Å². The van der Waals surface area contributed by atoms with Crippen molar-refractivity contribution in [1.82, 2.24) is 5.32 Å². The predicted molar refractivity (Wildman–Crippen MR) is 89.6 cm³/mol. The Morgan fingerprint density at radius 1 is 1.25 bits per heavy atom. The van der Waals surface area contributed by atoms with Gasteiger partial charge in [-0.15, -0.1) is 11.8 Å². The van der Waals surface area contributed by atoms with Crippen LogP contribution in [0.25, 0.3) is 0 Å². The molecule has 24 heavy (non-hydrogen) atoms. The van der Waals surface area contributed by atoms with Gasteiger partial charge in [0.2, 0.25) is 5.91 Å². The number of hydrogen-bond acceptors (Lipinski definition) is 3. The normalized spacial score (nSPS) is 11.6. The number of rotatable bonds is 6. The molecule has 1 atom stereocenters. The van der Waals surface area contributed by atoms with E-state index >= 15 is 0 Å². The molecular formula is C17H13ClF2N2OS. The van der Waals surface area contributed by atoms with E-state index in [2.05, 4.69) is 5.32 Å². The van der Waals surface area contributed by atoms with E-state index < -0.39 is 17.7 Å². The molecule has 0 saturated heterocycles. The van der Waals surface area contributed by atoms with Crippen molar-refractivity contribution in [2.45, 2.75) is 17.4 Å². The summed E-state index contributed by atoms with van der Waals surface area (Å²) >= 11 is 7.26. The average Bonchev–Trinajstić information content (AvgIpc) is 2.55. The summed E-state index contributed by atoms with van der Waals surface area (Å²) in [7, 11) is 0. The van der Waals surface area contributed by atoms with Crippen LogP contribution in [0.3, 0.4) is 0 Å². The quantitative estimate of drug-likeness (QED) is 0.767. The van der Waals surface area contributed by atoms with Crippen LogP contribution in [0, 0.1) is 23.0 Å². The highest BCUT2D eigenvalue weighted by atomic mass is 35.5. The van der Waals surface area contributed by atoms with Crippen LogP contribution in [0.2, 0.25) is 5.02 Å². The monoisotopic (exact) mass is 366 g/mol. The lowest BCUT2D eigenvalue weighted by molar-refractivity contribution is -0.121. The van der Waals surface area contributed by atoms with E-state index in [0.717, 1.165) is 17.0 Å². The minimum Gasteiger partial charge on any atom is -0.337 e. The number of nitriles is 1. The van der Waals surface area contributed by atoms with Crippen LogP contribution in [-0.4, -0.2) is 11.7 Å². The lowest BCUT2D eigenvalue weighted by Gasteiger charge is -2.13. The van der Waals surface area contributed by atoms with Gasteiger partial charge in [-0.3, -0.25) is 4.79 Å². The third kappa shape index (κ3) is 5.22. The van der Waals surface area contributed by atoms with Crippen molar-refractivity contribution in [2.24, 2.45) is 0 Å². The molecule has 1 N–H and O–H groups in total. The first-order valence-corrected chi connectivity index (χ1v) is 8.38. The largest absolute Gasteiger partial charge is 0.337 e. The number of halogens is 3. The van der Waals surface area contributed by atoms with Crippen LogP contribution in [0.5, 0.6) is 0 Å². The van der Waals surface area contributed by atoms with Crippen molar-refractivity contribution in [3.05, 3.63) is 64.7 Å². The van der Waals surface area contributed by atoms with Crippen LogP contribution < -0.4 is 5.32 Å². The number of nitrogens with one attached hydrogen (secondary N) is 1. The molecular weight excluding hydrogens is 354 g/mol. The van der Waals surface area contributed by atoms with Crippen LogP contribution in [-0.2, 0) is 4.79 Å². The second-order valence-corrected chi connectivity index (χ2v) is 6.45. The van der Waals surface area contributed by atoms with Gasteiger partial charge in [0.1, 0.15) is 17.7 Å². The number of amides is 1. The van der Waals surface area contributed by atoms with E-state index in [1.165, 1.54) is 11.8 Å².